The third kappa shape index (κ3) is 7.29. The first-order chi connectivity index (χ1) is 26.6. The molecule has 2 atom stereocenters. The van der Waals surface area contributed by atoms with Crippen molar-refractivity contribution < 1.29 is 28.5 Å². The van der Waals surface area contributed by atoms with Crippen LogP contribution < -0.4 is 28.7 Å². The molecule has 0 N–H and O–H groups in total. The topological polar surface area (TPSA) is 89.9 Å². The smallest absolute Gasteiger partial charge is 0.261 e. The van der Waals surface area contributed by atoms with E-state index in [9.17, 15) is 9.59 Å². The van der Waals surface area contributed by atoms with Gasteiger partial charge in [0.1, 0.15) is 11.5 Å². The van der Waals surface area contributed by atoms with Crippen LogP contribution in [0.15, 0.2) is 71.7 Å². The third-order valence-electron chi connectivity index (χ3n) is 11.4. The second-order valence-electron chi connectivity index (χ2n) is 15.5. The lowest BCUT2D eigenvalue weighted by Gasteiger charge is -2.23. The number of ether oxygens (including phenoxy) is 4. The Labute approximate surface area is 328 Å². The quantitative estimate of drug-likeness (QED) is 0.126. The van der Waals surface area contributed by atoms with Gasteiger partial charge in [-0.05, 0) is 110 Å². The molecular weight excluding hydrogens is 711 g/mol. The number of thioether (sulfide) groups is 1. The number of hydrogen-bond donors (Lipinski definition) is 0. The number of carbonyl (C=O) groups excluding carboxylic acids is 2. The Bertz CT molecular complexity index is 2160. The van der Waals surface area contributed by atoms with Gasteiger partial charge in [0.25, 0.3) is 11.8 Å². The Morgan fingerprint density at radius 1 is 0.782 bits per heavy atom. The Balaban J connectivity index is 0.877. The zero-order valence-electron chi connectivity index (χ0n) is 32.4. The zero-order valence-corrected chi connectivity index (χ0v) is 33.2. The maximum absolute atomic E-state index is 14.1. The number of methoxy groups -OCH3 is 1. The molecule has 286 valence electrons. The van der Waals surface area contributed by atoms with Crippen LogP contribution in [0.1, 0.15) is 82.5 Å². The summed E-state index contributed by atoms with van der Waals surface area (Å²) >= 11 is 1.89. The van der Waals surface area contributed by atoms with Gasteiger partial charge in [0, 0.05) is 52.8 Å². The molecule has 8 rings (SSSR count). The van der Waals surface area contributed by atoms with E-state index in [0.717, 1.165) is 83.7 Å². The van der Waals surface area contributed by atoms with Crippen molar-refractivity contribution in [1.29, 1.82) is 0 Å². The molecule has 0 aliphatic carbocycles. The summed E-state index contributed by atoms with van der Waals surface area (Å²) in [5, 5.41) is 0. The predicted molar refractivity (Wildman–Crippen MR) is 220 cm³/mol. The van der Waals surface area contributed by atoms with Crippen LogP contribution in [-0.2, 0) is 19.3 Å². The molecule has 4 aromatic rings. The number of rotatable bonds is 13. The number of para-hydroxylation sites is 1. The van der Waals surface area contributed by atoms with Gasteiger partial charge < -0.3 is 23.8 Å². The van der Waals surface area contributed by atoms with Crippen molar-refractivity contribution in [2.45, 2.75) is 82.5 Å². The Kier molecular flexibility index (Phi) is 10.3. The van der Waals surface area contributed by atoms with Gasteiger partial charge in [-0.25, -0.2) is 0 Å². The summed E-state index contributed by atoms with van der Waals surface area (Å²) in [7, 11) is 1.58. The van der Waals surface area contributed by atoms with Crippen molar-refractivity contribution in [1.82, 2.24) is 0 Å². The molecule has 0 spiro atoms. The van der Waals surface area contributed by atoms with E-state index < -0.39 is 0 Å². The Morgan fingerprint density at radius 3 is 2.36 bits per heavy atom. The van der Waals surface area contributed by atoms with Crippen LogP contribution in [0.3, 0.4) is 0 Å². The van der Waals surface area contributed by atoms with Crippen LogP contribution in [0.25, 0.3) is 0 Å². The van der Waals surface area contributed by atoms with Crippen molar-refractivity contribution in [2.75, 3.05) is 43.0 Å². The first kappa shape index (κ1) is 37.0. The number of anilines is 2. The highest BCUT2D eigenvalue weighted by atomic mass is 32.2. The molecule has 0 aromatic heterocycles. The fourth-order valence-electron chi connectivity index (χ4n) is 8.24. The predicted octanol–water partition coefficient (Wildman–Crippen LogP) is 8.96. The molecule has 4 aliphatic rings. The molecule has 0 radical (unpaired) electrons. The van der Waals surface area contributed by atoms with Crippen LogP contribution in [0, 0.1) is 6.92 Å². The second kappa shape index (κ2) is 15.3. The van der Waals surface area contributed by atoms with Crippen LogP contribution in [-0.4, -0.2) is 68.0 Å². The average Bonchev–Trinajstić information content (AvgIpc) is 3.67. The van der Waals surface area contributed by atoms with Crippen molar-refractivity contribution >= 4 is 46.9 Å². The van der Waals surface area contributed by atoms with E-state index in [-0.39, 0.29) is 28.6 Å². The summed E-state index contributed by atoms with van der Waals surface area (Å²) in [6.45, 7) is 8.05. The van der Waals surface area contributed by atoms with E-state index in [4.69, 9.17) is 23.9 Å². The SMILES string of the molecule is COc1cc2c(cc1OCCCOc1cc3c(cc1C)C(=O)N1c4ccc(OCCCC(C)(C)SC)cc4C[C@H]1CC3)N=C[C@@H]1Cc3ccccc3N1C2=O. The second-order valence-corrected chi connectivity index (χ2v) is 17.0. The molecular formula is C45H49N3O6S. The highest BCUT2D eigenvalue weighted by Gasteiger charge is 2.38. The van der Waals surface area contributed by atoms with Crippen LogP contribution in [0.5, 0.6) is 23.0 Å². The van der Waals surface area contributed by atoms with Gasteiger partial charge in [-0.15, -0.1) is 0 Å². The summed E-state index contributed by atoms with van der Waals surface area (Å²) in [6, 6.07) is 21.7. The van der Waals surface area contributed by atoms with E-state index in [0.29, 0.717) is 49.0 Å². The van der Waals surface area contributed by atoms with Gasteiger partial charge in [-0.1, -0.05) is 32.0 Å². The summed E-state index contributed by atoms with van der Waals surface area (Å²) in [5.41, 5.74) is 8.00. The monoisotopic (exact) mass is 759 g/mol. The van der Waals surface area contributed by atoms with Crippen molar-refractivity contribution in [3.05, 3.63) is 100 Å². The molecule has 0 saturated carbocycles. The maximum atomic E-state index is 14.1. The standard InChI is InChI=1S/C45H49N3O6S/c1-28-20-35-29(12-13-32-22-31-23-34(14-15-39(31)47(32)43(35)49)52-17-8-16-45(2,3)55-5)24-40(28)53-18-9-19-54-42-26-37-36(25-41(42)51-4)44(50)48-33(27-46-37)21-30-10-6-7-11-38(30)48/h6-7,10-11,14-15,20,23-27,32-33H,8-9,12-13,16-19,21-22H2,1-5H3/t32-,33+/m1/s1. The summed E-state index contributed by atoms with van der Waals surface area (Å²) in [6.07, 6.45) is 10.0. The first-order valence-corrected chi connectivity index (χ1v) is 20.6. The lowest BCUT2D eigenvalue weighted by atomic mass is 9.98. The first-order valence-electron chi connectivity index (χ1n) is 19.4. The van der Waals surface area contributed by atoms with E-state index >= 15 is 0 Å². The number of carbonyl (C=O) groups is 2. The van der Waals surface area contributed by atoms with Gasteiger partial charge in [0.2, 0.25) is 0 Å². The fourth-order valence-corrected chi connectivity index (χ4v) is 8.59. The van der Waals surface area contributed by atoms with Gasteiger partial charge in [-0.3, -0.25) is 19.5 Å². The number of hydrogen-bond acceptors (Lipinski definition) is 8. The molecule has 0 fully saturated rings. The van der Waals surface area contributed by atoms with E-state index in [1.807, 2.05) is 65.0 Å². The fraction of sp³-hybridized carbons (Fsp3) is 0.400. The molecule has 2 amide bonds. The van der Waals surface area contributed by atoms with Crippen LogP contribution in [0.4, 0.5) is 17.1 Å². The molecule has 0 unspecified atom stereocenters. The molecule has 9 nitrogen and oxygen atoms in total. The number of nitrogens with zero attached hydrogens (tertiary/aromatic N) is 3. The van der Waals surface area contributed by atoms with Crippen LogP contribution >= 0.6 is 11.8 Å². The van der Waals surface area contributed by atoms with Crippen molar-refractivity contribution in [3.8, 4) is 23.0 Å². The normalized spacial score (nSPS) is 18.1. The molecule has 4 aliphatic heterocycles. The zero-order chi connectivity index (χ0) is 38.3. The van der Waals surface area contributed by atoms with Crippen LogP contribution in [0.2, 0.25) is 0 Å². The van der Waals surface area contributed by atoms with Gasteiger partial charge in [-0.2, -0.15) is 11.8 Å². The number of benzene rings is 4. The lowest BCUT2D eigenvalue weighted by Crippen LogP contribution is -2.37. The largest absolute Gasteiger partial charge is 0.494 e. The summed E-state index contributed by atoms with van der Waals surface area (Å²) in [4.78, 5) is 36.3. The summed E-state index contributed by atoms with van der Waals surface area (Å²) in [5.74, 6) is 2.64. The van der Waals surface area contributed by atoms with E-state index in [1.165, 1.54) is 5.56 Å². The minimum absolute atomic E-state index is 0.0539. The molecule has 4 aromatic carbocycles. The Hall–Kier alpha value is -4.96. The number of aliphatic imine (C=N–C) groups is 1. The van der Waals surface area contributed by atoms with Gasteiger partial charge >= 0.3 is 0 Å². The molecule has 55 heavy (non-hydrogen) atoms. The third-order valence-corrected chi connectivity index (χ3v) is 12.7. The number of amides is 2. The Morgan fingerprint density at radius 2 is 1.55 bits per heavy atom. The highest BCUT2D eigenvalue weighted by molar-refractivity contribution is 7.99. The van der Waals surface area contributed by atoms with E-state index in [2.05, 4.69) is 44.4 Å². The highest BCUT2D eigenvalue weighted by Crippen LogP contribution is 2.42. The minimum atomic E-state index is -0.125. The van der Waals surface area contributed by atoms with Gasteiger partial charge in [0.05, 0.1) is 44.2 Å². The van der Waals surface area contributed by atoms with Crippen molar-refractivity contribution in [2.24, 2.45) is 4.99 Å². The lowest BCUT2D eigenvalue weighted by molar-refractivity contribution is 0.0975. The summed E-state index contributed by atoms with van der Waals surface area (Å²) < 4.78 is 24.5. The average molecular weight is 760 g/mol. The molecule has 0 bridgehead atoms. The van der Waals surface area contributed by atoms with E-state index in [1.54, 1.807) is 19.2 Å². The minimum Gasteiger partial charge on any atom is -0.494 e. The molecule has 4 heterocycles. The number of aryl methyl sites for hydroxylation is 2. The number of fused-ring (bicyclic) bond motifs is 8. The van der Waals surface area contributed by atoms with Gasteiger partial charge in [0.15, 0.2) is 11.5 Å². The molecule has 0 saturated heterocycles. The molecule has 10 heteroatoms. The maximum Gasteiger partial charge on any atom is 0.261 e. The van der Waals surface area contributed by atoms with Crippen molar-refractivity contribution in [3.63, 3.8) is 0 Å².